The molecule has 1 aromatic carbocycles. The molecular weight excluding hydrogens is 529 g/mol. The van der Waals surface area contributed by atoms with Crippen LogP contribution < -0.4 is 21.7 Å². The zero-order chi connectivity index (χ0) is 28.7. The van der Waals surface area contributed by atoms with Crippen LogP contribution in [0.2, 0.25) is 0 Å². The minimum absolute atomic E-state index is 0.0766. The molecular formula is C26H29F3N8O3. The first kappa shape index (κ1) is 28.5. The van der Waals surface area contributed by atoms with Crippen LogP contribution in [0, 0.1) is 0 Å². The maximum Gasteiger partial charge on any atom is 0.405 e. The molecule has 3 aromatic rings. The van der Waals surface area contributed by atoms with Crippen LogP contribution in [0.3, 0.4) is 0 Å². The molecule has 1 aliphatic rings. The number of hydrogen-bond acceptors (Lipinski definition) is 7. The molecule has 5 N–H and O–H groups in total. The number of alkyl halides is 3. The van der Waals surface area contributed by atoms with E-state index in [9.17, 15) is 22.8 Å². The number of halogens is 3. The summed E-state index contributed by atoms with van der Waals surface area (Å²) in [4.78, 5) is 33.1. The number of ether oxygens (including phenoxy) is 1. The summed E-state index contributed by atoms with van der Waals surface area (Å²) in [5.74, 6) is -0.180. The van der Waals surface area contributed by atoms with Gasteiger partial charge in [0.15, 0.2) is 5.65 Å². The molecule has 1 saturated heterocycles. The number of carbonyl (C=O) groups excluding carboxylic acids is 2. The Morgan fingerprint density at radius 1 is 1.25 bits per heavy atom. The van der Waals surface area contributed by atoms with Gasteiger partial charge in [-0.3, -0.25) is 9.79 Å². The van der Waals surface area contributed by atoms with Crippen LogP contribution in [0.1, 0.15) is 25.3 Å². The van der Waals surface area contributed by atoms with E-state index in [-0.39, 0.29) is 11.9 Å². The molecule has 0 bridgehead atoms. The number of benzene rings is 1. The van der Waals surface area contributed by atoms with Crippen molar-refractivity contribution in [2.75, 3.05) is 25.1 Å². The van der Waals surface area contributed by atoms with E-state index in [1.807, 2.05) is 0 Å². The lowest BCUT2D eigenvalue weighted by Gasteiger charge is -2.23. The van der Waals surface area contributed by atoms with Crippen LogP contribution >= 0.6 is 0 Å². The summed E-state index contributed by atoms with van der Waals surface area (Å²) in [7, 11) is 0. The zero-order valence-electron chi connectivity index (χ0n) is 21.6. The van der Waals surface area contributed by atoms with Crippen molar-refractivity contribution in [1.29, 1.82) is 0 Å². The van der Waals surface area contributed by atoms with E-state index in [0.717, 1.165) is 12.8 Å². The van der Waals surface area contributed by atoms with Gasteiger partial charge in [0, 0.05) is 54.1 Å². The zero-order valence-corrected chi connectivity index (χ0v) is 21.6. The van der Waals surface area contributed by atoms with Gasteiger partial charge in [-0.25, -0.2) is 14.3 Å². The molecule has 11 nitrogen and oxygen atoms in total. The van der Waals surface area contributed by atoms with Gasteiger partial charge in [-0.1, -0.05) is 12.1 Å². The second-order valence-corrected chi connectivity index (χ2v) is 9.13. The van der Waals surface area contributed by atoms with Crippen molar-refractivity contribution < 1.29 is 27.5 Å². The maximum atomic E-state index is 12.5. The highest BCUT2D eigenvalue weighted by Gasteiger charge is 2.27. The van der Waals surface area contributed by atoms with Crippen molar-refractivity contribution in [3.8, 4) is 11.3 Å². The smallest absolute Gasteiger partial charge is 0.404 e. The highest BCUT2D eigenvalue weighted by Crippen LogP contribution is 2.24. The third-order valence-electron chi connectivity index (χ3n) is 6.12. The molecule has 1 atom stereocenters. The average Bonchev–Trinajstić information content (AvgIpc) is 3.36. The van der Waals surface area contributed by atoms with Gasteiger partial charge in [-0.15, -0.1) is 0 Å². The van der Waals surface area contributed by atoms with Crippen molar-refractivity contribution in [3.63, 3.8) is 0 Å². The first-order chi connectivity index (χ1) is 19.1. The second-order valence-electron chi connectivity index (χ2n) is 9.13. The molecule has 4 rings (SSSR count). The number of nitrogens with two attached hydrogens (primary N) is 1. The quantitative estimate of drug-likeness (QED) is 0.312. The van der Waals surface area contributed by atoms with Crippen molar-refractivity contribution in [3.05, 3.63) is 54.5 Å². The maximum absolute atomic E-state index is 12.5. The third kappa shape index (κ3) is 7.56. The molecule has 0 aliphatic carbocycles. The number of nitrogens with zero attached hydrogens (tertiary/aromatic N) is 4. The number of hydrogen-bond donors (Lipinski definition) is 4. The number of amides is 3. The van der Waals surface area contributed by atoms with Crippen molar-refractivity contribution in [2.45, 2.75) is 38.0 Å². The molecule has 3 amide bonds. The number of aliphatic imine (C=N–C) groups is 1. The standard InChI is InChI=1S/C26H29F3N8O3/c1-16(24(38)35-20-5-7-40-8-6-20)31-12-19(11-30)18-10-23-32-14-22(37(23)34-13-18)17-3-2-4-21(9-17)36-25(39)33-15-26(27,28)29/h2-4,9-14,16,20H,5-8,15,30H2,1H3,(H,35,38)(H2,33,36,39)/b19-11+,31-12?. The number of allylic oxidation sites excluding steroid dienone is 1. The first-order valence-electron chi connectivity index (χ1n) is 12.5. The number of imidazole rings is 1. The predicted octanol–water partition coefficient (Wildman–Crippen LogP) is 3.13. The fourth-order valence-electron chi connectivity index (χ4n) is 3.98. The Balaban J connectivity index is 1.45. The molecule has 3 heterocycles. The Morgan fingerprint density at radius 3 is 2.75 bits per heavy atom. The molecule has 0 spiro atoms. The summed E-state index contributed by atoms with van der Waals surface area (Å²) in [6.45, 7) is 1.51. The second kappa shape index (κ2) is 12.6. The molecule has 14 heteroatoms. The normalized spacial score (nSPS) is 15.8. The summed E-state index contributed by atoms with van der Waals surface area (Å²) < 4.78 is 43.9. The Kier molecular flexibility index (Phi) is 8.99. The molecule has 1 unspecified atom stereocenters. The summed E-state index contributed by atoms with van der Waals surface area (Å²) in [6, 6.07) is 6.77. The topological polar surface area (TPSA) is 148 Å². The third-order valence-corrected chi connectivity index (χ3v) is 6.12. The van der Waals surface area contributed by atoms with Gasteiger partial charge in [-0.2, -0.15) is 18.3 Å². The lowest BCUT2D eigenvalue weighted by molar-refractivity contribution is -0.123. The minimum Gasteiger partial charge on any atom is -0.404 e. The fraction of sp³-hybridized carbons (Fsp3) is 0.346. The van der Waals surface area contributed by atoms with Crippen molar-refractivity contribution in [2.24, 2.45) is 10.7 Å². The van der Waals surface area contributed by atoms with E-state index in [4.69, 9.17) is 10.5 Å². The Hall–Kier alpha value is -4.46. The first-order valence-corrected chi connectivity index (χ1v) is 12.5. The fourth-order valence-corrected chi connectivity index (χ4v) is 3.98. The number of anilines is 1. The van der Waals surface area contributed by atoms with Crippen molar-refractivity contribution in [1.82, 2.24) is 25.2 Å². The van der Waals surface area contributed by atoms with Crippen LogP contribution in [-0.4, -0.2) is 70.8 Å². The Morgan fingerprint density at radius 2 is 2.02 bits per heavy atom. The molecule has 2 aromatic heterocycles. The van der Waals surface area contributed by atoms with E-state index in [2.05, 4.69) is 25.7 Å². The molecule has 40 heavy (non-hydrogen) atoms. The van der Waals surface area contributed by atoms with Gasteiger partial charge in [0.2, 0.25) is 5.91 Å². The summed E-state index contributed by atoms with van der Waals surface area (Å²) in [5, 5.41) is 11.6. The SMILES string of the molecule is CC(N=C/C(=C\N)c1cnn2c(-c3cccc(NC(=O)NCC(F)(F)F)c3)cnc2c1)C(=O)NC1CCOCC1. The Bertz CT molecular complexity index is 1410. The number of aromatic nitrogens is 3. The lowest BCUT2D eigenvalue weighted by atomic mass is 10.1. The summed E-state index contributed by atoms with van der Waals surface area (Å²) in [5.41, 5.74) is 9.01. The van der Waals surface area contributed by atoms with Crippen LogP contribution in [0.5, 0.6) is 0 Å². The number of fused-ring (bicyclic) bond motifs is 1. The average molecular weight is 559 g/mol. The van der Waals surface area contributed by atoms with E-state index < -0.39 is 24.8 Å². The largest absolute Gasteiger partial charge is 0.405 e. The van der Waals surface area contributed by atoms with Gasteiger partial charge >= 0.3 is 12.2 Å². The molecule has 0 saturated carbocycles. The number of nitrogens with one attached hydrogen (secondary N) is 3. The molecule has 1 aliphatic heterocycles. The van der Waals surface area contributed by atoms with Crippen molar-refractivity contribution >= 4 is 35.1 Å². The molecule has 212 valence electrons. The summed E-state index contributed by atoms with van der Waals surface area (Å²) in [6.07, 6.45) is 3.06. The van der Waals surface area contributed by atoms with Crippen LogP contribution in [0.4, 0.5) is 23.7 Å². The van der Waals surface area contributed by atoms with Gasteiger partial charge in [-0.05, 0) is 38.0 Å². The molecule has 0 radical (unpaired) electrons. The van der Waals surface area contributed by atoms with E-state index in [1.54, 1.807) is 59.5 Å². The highest BCUT2D eigenvalue weighted by molar-refractivity contribution is 6.10. The lowest BCUT2D eigenvalue weighted by Crippen LogP contribution is -2.42. The Labute approximate surface area is 227 Å². The van der Waals surface area contributed by atoms with Crippen LogP contribution in [0.25, 0.3) is 22.5 Å². The predicted molar refractivity (Wildman–Crippen MR) is 144 cm³/mol. The van der Waals surface area contributed by atoms with E-state index >= 15 is 0 Å². The number of carbonyl (C=O) groups is 2. The number of rotatable bonds is 8. The van der Waals surface area contributed by atoms with Crippen LogP contribution in [0.15, 0.2) is 53.9 Å². The summed E-state index contributed by atoms with van der Waals surface area (Å²) >= 11 is 0. The van der Waals surface area contributed by atoms with Gasteiger partial charge in [0.1, 0.15) is 12.6 Å². The number of urea groups is 1. The van der Waals surface area contributed by atoms with Gasteiger partial charge < -0.3 is 26.4 Å². The van der Waals surface area contributed by atoms with Gasteiger partial charge in [0.25, 0.3) is 0 Å². The highest BCUT2D eigenvalue weighted by atomic mass is 19.4. The van der Waals surface area contributed by atoms with Gasteiger partial charge in [0.05, 0.1) is 18.1 Å². The minimum atomic E-state index is -4.51. The molecule has 1 fully saturated rings. The van der Waals surface area contributed by atoms with E-state index in [1.165, 1.54) is 12.4 Å². The monoisotopic (exact) mass is 558 g/mol. The van der Waals surface area contributed by atoms with E-state index in [0.29, 0.717) is 46.9 Å². The van der Waals surface area contributed by atoms with Crippen LogP contribution in [-0.2, 0) is 9.53 Å².